The molecule has 2 aromatic carbocycles. The van der Waals surface area contributed by atoms with Gasteiger partial charge in [-0.25, -0.2) is 0 Å². The summed E-state index contributed by atoms with van der Waals surface area (Å²) in [6.45, 7) is 0.668. The number of anilines is 1. The van der Waals surface area contributed by atoms with E-state index < -0.39 is 0 Å². The molecular formula is C16H13NO3. The Hall–Kier alpha value is -2.62. The molecular weight excluding hydrogens is 254 g/mol. The van der Waals surface area contributed by atoms with Crippen LogP contribution in [0, 0.1) is 0 Å². The van der Waals surface area contributed by atoms with Crippen LogP contribution in [0.25, 0.3) is 0 Å². The number of aldehydes is 1. The summed E-state index contributed by atoms with van der Waals surface area (Å²) >= 11 is 0. The minimum absolute atomic E-state index is 0.192. The molecule has 3 rings (SSSR count). The summed E-state index contributed by atoms with van der Waals surface area (Å²) in [4.78, 5) is 22.9. The van der Waals surface area contributed by atoms with Gasteiger partial charge in [-0.15, -0.1) is 0 Å². The van der Waals surface area contributed by atoms with Crippen LogP contribution >= 0.6 is 0 Å². The van der Waals surface area contributed by atoms with E-state index in [1.165, 1.54) is 0 Å². The van der Waals surface area contributed by atoms with E-state index in [0.29, 0.717) is 23.4 Å². The predicted octanol–water partition coefficient (Wildman–Crippen LogP) is 2.69. The summed E-state index contributed by atoms with van der Waals surface area (Å²) in [7, 11) is 0. The minimum atomic E-state index is -0.192. The summed E-state index contributed by atoms with van der Waals surface area (Å²) in [5.41, 5.74) is 2.78. The van der Waals surface area contributed by atoms with Crippen molar-refractivity contribution in [2.24, 2.45) is 0 Å². The highest BCUT2D eigenvalue weighted by atomic mass is 16.5. The Kier molecular flexibility index (Phi) is 3.21. The van der Waals surface area contributed by atoms with E-state index in [0.717, 1.165) is 24.0 Å². The van der Waals surface area contributed by atoms with Crippen molar-refractivity contribution in [3.63, 3.8) is 0 Å². The Balaban J connectivity index is 1.80. The van der Waals surface area contributed by atoms with Gasteiger partial charge in [0.1, 0.15) is 12.0 Å². The van der Waals surface area contributed by atoms with Gasteiger partial charge in [-0.1, -0.05) is 12.1 Å². The zero-order chi connectivity index (χ0) is 13.9. The Morgan fingerprint density at radius 2 is 2.10 bits per heavy atom. The second-order valence-corrected chi connectivity index (χ2v) is 4.62. The second-order valence-electron chi connectivity index (χ2n) is 4.62. The van der Waals surface area contributed by atoms with E-state index in [9.17, 15) is 9.59 Å². The van der Waals surface area contributed by atoms with E-state index in [1.807, 2.05) is 12.1 Å². The van der Waals surface area contributed by atoms with Crippen molar-refractivity contribution in [2.45, 2.75) is 6.42 Å². The Bertz CT molecular complexity index is 679. The highest BCUT2D eigenvalue weighted by molar-refractivity contribution is 6.04. The first-order valence-electron chi connectivity index (χ1n) is 6.38. The molecule has 1 aliphatic heterocycles. The van der Waals surface area contributed by atoms with Crippen molar-refractivity contribution in [3.8, 4) is 5.75 Å². The molecule has 20 heavy (non-hydrogen) atoms. The summed E-state index contributed by atoms with van der Waals surface area (Å²) < 4.78 is 5.41. The van der Waals surface area contributed by atoms with Crippen molar-refractivity contribution in [2.75, 3.05) is 11.9 Å². The van der Waals surface area contributed by atoms with Gasteiger partial charge in [-0.2, -0.15) is 0 Å². The van der Waals surface area contributed by atoms with Gasteiger partial charge >= 0.3 is 0 Å². The van der Waals surface area contributed by atoms with Crippen LogP contribution in [-0.4, -0.2) is 18.8 Å². The number of amides is 1. The van der Waals surface area contributed by atoms with E-state index in [2.05, 4.69) is 5.32 Å². The lowest BCUT2D eigenvalue weighted by Gasteiger charge is -2.07. The number of carbonyl (C=O) groups excluding carboxylic acids is 2. The molecule has 4 nitrogen and oxygen atoms in total. The average molecular weight is 267 g/mol. The summed E-state index contributed by atoms with van der Waals surface area (Å²) in [6.07, 6.45) is 1.58. The topological polar surface area (TPSA) is 55.4 Å². The van der Waals surface area contributed by atoms with E-state index in [4.69, 9.17) is 4.74 Å². The number of ether oxygens (including phenoxy) is 1. The van der Waals surface area contributed by atoms with Crippen LogP contribution in [0.4, 0.5) is 5.69 Å². The van der Waals surface area contributed by atoms with Gasteiger partial charge in [0, 0.05) is 23.2 Å². The van der Waals surface area contributed by atoms with Gasteiger partial charge in [0.05, 0.1) is 6.61 Å². The molecule has 0 bridgehead atoms. The number of nitrogens with one attached hydrogen (secondary N) is 1. The molecule has 1 amide bonds. The fraction of sp³-hybridized carbons (Fsp3) is 0.125. The normalized spacial score (nSPS) is 12.4. The molecule has 0 unspecified atom stereocenters. The third-order valence-electron chi connectivity index (χ3n) is 3.23. The molecule has 0 aliphatic carbocycles. The van der Waals surface area contributed by atoms with Crippen molar-refractivity contribution in [3.05, 3.63) is 59.2 Å². The number of rotatable bonds is 3. The lowest BCUT2D eigenvalue weighted by Crippen LogP contribution is -2.12. The third kappa shape index (κ3) is 2.40. The number of carbonyl (C=O) groups is 2. The molecule has 2 aromatic rings. The SMILES string of the molecule is O=Cc1cccc(NC(=O)c2ccc3c(c2)CCO3)c1. The van der Waals surface area contributed by atoms with Crippen molar-refractivity contribution >= 4 is 17.9 Å². The Labute approximate surface area is 116 Å². The van der Waals surface area contributed by atoms with Crippen LogP contribution in [0.15, 0.2) is 42.5 Å². The Morgan fingerprint density at radius 1 is 1.20 bits per heavy atom. The van der Waals surface area contributed by atoms with Gasteiger partial charge < -0.3 is 10.1 Å². The fourth-order valence-corrected chi connectivity index (χ4v) is 2.22. The number of fused-ring (bicyclic) bond motifs is 1. The van der Waals surface area contributed by atoms with Gasteiger partial charge in [-0.05, 0) is 35.9 Å². The number of benzene rings is 2. The van der Waals surface area contributed by atoms with Crippen molar-refractivity contribution in [1.29, 1.82) is 0 Å². The molecule has 100 valence electrons. The standard InChI is InChI=1S/C16H13NO3/c18-10-11-2-1-3-14(8-11)17-16(19)13-4-5-15-12(9-13)6-7-20-15/h1-5,8-10H,6-7H2,(H,17,19). The zero-order valence-electron chi connectivity index (χ0n) is 10.8. The van der Waals surface area contributed by atoms with Gasteiger partial charge in [-0.3, -0.25) is 9.59 Å². The highest BCUT2D eigenvalue weighted by Crippen LogP contribution is 2.26. The summed E-state index contributed by atoms with van der Waals surface area (Å²) in [6, 6.07) is 12.2. The largest absolute Gasteiger partial charge is 0.493 e. The average Bonchev–Trinajstić information content (AvgIpc) is 2.94. The Morgan fingerprint density at radius 3 is 2.95 bits per heavy atom. The second kappa shape index (κ2) is 5.17. The molecule has 0 spiro atoms. The van der Waals surface area contributed by atoms with Crippen molar-refractivity contribution < 1.29 is 14.3 Å². The monoisotopic (exact) mass is 267 g/mol. The first-order chi connectivity index (χ1) is 9.76. The van der Waals surface area contributed by atoms with Crippen LogP contribution in [0.2, 0.25) is 0 Å². The molecule has 0 saturated heterocycles. The van der Waals surface area contributed by atoms with E-state index >= 15 is 0 Å². The summed E-state index contributed by atoms with van der Waals surface area (Å²) in [5, 5.41) is 2.79. The first kappa shape index (κ1) is 12.4. The predicted molar refractivity (Wildman–Crippen MR) is 75.4 cm³/mol. The summed E-state index contributed by atoms with van der Waals surface area (Å²) in [5.74, 6) is 0.659. The number of hydrogen-bond acceptors (Lipinski definition) is 3. The van der Waals surface area contributed by atoms with Gasteiger partial charge in [0.15, 0.2) is 0 Å². The maximum atomic E-state index is 12.2. The van der Waals surface area contributed by atoms with Crippen molar-refractivity contribution in [1.82, 2.24) is 0 Å². The van der Waals surface area contributed by atoms with Crippen LogP contribution in [0.5, 0.6) is 5.75 Å². The molecule has 0 fully saturated rings. The van der Waals surface area contributed by atoms with E-state index in [-0.39, 0.29) is 5.91 Å². The molecule has 1 heterocycles. The molecule has 0 radical (unpaired) electrons. The molecule has 0 saturated carbocycles. The molecule has 0 aromatic heterocycles. The van der Waals surface area contributed by atoms with Gasteiger partial charge in [0.25, 0.3) is 5.91 Å². The van der Waals surface area contributed by atoms with E-state index in [1.54, 1.807) is 30.3 Å². The first-order valence-corrected chi connectivity index (χ1v) is 6.38. The number of hydrogen-bond donors (Lipinski definition) is 1. The van der Waals surface area contributed by atoms with Crippen LogP contribution in [0.3, 0.4) is 0 Å². The lowest BCUT2D eigenvalue weighted by atomic mass is 10.1. The van der Waals surface area contributed by atoms with Crippen LogP contribution < -0.4 is 10.1 Å². The molecule has 1 N–H and O–H groups in total. The highest BCUT2D eigenvalue weighted by Gasteiger charge is 2.15. The lowest BCUT2D eigenvalue weighted by molar-refractivity contribution is 0.102. The zero-order valence-corrected chi connectivity index (χ0v) is 10.8. The smallest absolute Gasteiger partial charge is 0.255 e. The molecule has 4 heteroatoms. The fourth-order valence-electron chi connectivity index (χ4n) is 2.22. The quantitative estimate of drug-likeness (QED) is 0.870. The minimum Gasteiger partial charge on any atom is -0.493 e. The molecule has 0 atom stereocenters. The van der Waals surface area contributed by atoms with Crippen LogP contribution in [0.1, 0.15) is 26.3 Å². The van der Waals surface area contributed by atoms with Gasteiger partial charge in [0.2, 0.25) is 0 Å². The van der Waals surface area contributed by atoms with Crippen LogP contribution in [-0.2, 0) is 6.42 Å². The maximum Gasteiger partial charge on any atom is 0.255 e. The third-order valence-corrected chi connectivity index (χ3v) is 3.23. The molecule has 1 aliphatic rings. The maximum absolute atomic E-state index is 12.2.